The molecule has 0 saturated heterocycles. The molecule has 0 N–H and O–H groups in total. The molecule has 11 heavy (non-hydrogen) atoms. The number of carbonyl (C=O) groups excluding carboxylic acids is 2. The highest BCUT2D eigenvalue weighted by Gasteiger charge is 2.34. The van der Waals surface area contributed by atoms with Crippen LogP contribution in [0, 0.1) is 5.41 Å². The van der Waals surface area contributed by atoms with Crippen LogP contribution in [-0.4, -0.2) is 11.6 Å². The van der Waals surface area contributed by atoms with Gasteiger partial charge in [-0.3, -0.25) is 4.79 Å². The number of Topliss-reactive ketones (excluding diaryl/α,β-unsaturated/α-hetero) is 2. The predicted molar refractivity (Wildman–Crippen MR) is 42.3 cm³/mol. The molecule has 0 aliphatic heterocycles. The van der Waals surface area contributed by atoms with Crippen molar-refractivity contribution in [3.05, 3.63) is 0 Å². The summed E-state index contributed by atoms with van der Waals surface area (Å²) in [6.45, 7) is 3.62. The first-order valence-electron chi connectivity index (χ1n) is 4.03. The van der Waals surface area contributed by atoms with Crippen molar-refractivity contribution in [1.29, 1.82) is 0 Å². The Kier molecular flexibility index (Phi) is 2.12. The van der Waals surface area contributed by atoms with Gasteiger partial charge in [-0.15, -0.1) is 0 Å². The van der Waals surface area contributed by atoms with Crippen LogP contribution in [0.5, 0.6) is 0 Å². The highest BCUT2D eigenvalue weighted by atomic mass is 16.1. The molecular formula is C9H14O2. The fraction of sp³-hybridized carbons (Fsp3) is 0.778. The minimum Gasteiger partial charge on any atom is -0.300 e. The predicted octanol–water partition coefficient (Wildman–Crippen LogP) is 1.72. The molecular weight excluding hydrogens is 140 g/mol. The Bertz CT molecular complexity index is 196. The van der Waals surface area contributed by atoms with Crippen LogP contribution in [0.1, 0.15) is 39.5 Å². The second kappa shape index (κ2) is 2.76. The Labute approximate surface area is 67.0 Å². The van der Waals surface area contributed by atoms with E-state index in [0.29, 0.717) is 25.0 Å². The molecule has 1 unspecified atom stereocenters. The molecule has 2 nitrogen and oxygen atoms in total. The van der Waals surface area contributed by atoms with E-state index in [1.54, 1.807) is 6.92 Å². The number of ketones is 2. The van der Waals surface area contributed by atoms with E-state index in [2.05, 4.69) is 0 Å². The zero-order valence-electron chi connectivity index (χ0n) is 7.14. The van der Waals surface area contributed by atoms with Gasteiger partial charge >= 0.3 is 0 Å². The highest BCUT2D eigenvalue weighted by molar-refractivity contribution is 5.83. The van der Waals surface area contributed by atoms with E-state index in [0.717, 1.165) is 6.42 Å². The molecule has 1 rings (SSSR count). The topological polar surface area (TPSA) is 34.1 Å². The van der Waals surface area contributed by atoms with Gasteiger partial charge < -0.3 is 4.79 Å². The number of hydrogen-bond acceptors (Lipinski definition) is 2. The molecule has 0 radical (unpaired) electrons. The van der Waals surface area contributed by atoms with Gasteiger partial charge in [0.25, 0.3) is 0 Å². The van der Waals surface area contributed by atoms with Gasteiger partial charge in [0.05, 0.1) is 0 Å². The van der Waals surface area contributed by atoms with Crippen molar-refractivity contribution in [1.82, 2.24) is 0 Å². The molecule has 1 atom stereocenters. The summed E-state index contributed by atoms with van der Waals surface area (Å²) in [6.07, 6.45) is 2.74. The van der Waals surface area contributed by atoms with Crippen LogP contribution in [0.2, 0.25) is 0 Å². The Hall–Kier alpha value is -0.660. The summed E-state index contributed by atoms with van der Waals surface area (Å²) < 4.78 is 0. The maximum Gasteiger partial charge on any atom is 0.133 e. The van der Waals surface area contributed by atoms with Gasteiger partial charge in [0.1, 0.15) is 11.6 Å². The Morgan fingerprint density at radius 2 is 2.27 bits per heavy atom. The largest absolute Gasteiger partial charge is 0.300 e. The molecule has 0 aromatic carbocycles. The molecule has 0 aromatic heterocycles. The summed E-state index contributed by atoms with van der Waals surface area (Å²) >= 11 is 0. The van der Waals surface area contributed by atoms with Crippen molar-refractivity contribution < 1.29 is 9.59 Å². The minimum atomic E-state index is -0.0110. The van der Waals surface area contributed by atoms with E-state index in [1.807, 2.05) is 6.92 Å². The fourth-order valence-corrected chi connectivity index (χ4v) is 1.85. The average molecular weight is 154 g/mol. The van der Waals surface area contributed by atoms with Crippen molar-refractivity contribution >= 4 is 11.6 Å². The summed E-state index contributed by atoms with van der Waals surface area (Å²) in [6, 6.07) is 0. The minimum absolute atomic E-state index is 0.0110. The first-order chi connectivity index (χ1) is 5.02. The van der Waals surface area contributed by atoms with Crippen LogP contribution in [-0.2, 0) is 9.59 Å². The van der Waals surface area contributed by atoms with Crippen molar-refractivity contribution in [2.75, 3.05) is 0 Å². The van der Waals surface area contributed by atoms with Crippen molar-refractivity contribution in [3.8, 4) is 0 Å². The van der Waals surface area contributed by atoms with Crippen molar-refractivity contribution in [2.24, 2.45) is 5.41 Å². The van der Waals surface area contributed by atoms with E-state index in [-0.39, 0.29) is 11.2 Å². The average Bonchev–Trinajstić information content (AvgIpc) is 2.08. The SMILES string of the molecule is CC(=O)CC1(C)CCC(=O)C1. The first kappa shape index (κ1) is 8.44. The quantitative estimate of drug-likeness (QED) is 0.607. The molecule has 1 saturated carbocycles. The lowest BCUT2D eigenvalue weighted by Crippen LogP contribution is -2.15. The van der Waals surface area contributed by atoms with E-state index in [1.165, 1.54) is 0 Å². The Morgan fingerprint density at radius 1 is 1.64 bits per heavy atom. The molecule has 0 amide bonds. The summed E-state index contributed by atoms with van der Waals surface area (Å²) in [5, 5.41) is 0. The van der Waals surface area contributed by atoms with E-state index in [4.69, 9.17) is 0 Å². The standard InChI is InChI=1S/C9H14O2/c1-7(10)5-9(2)4-3-8(11)6-9/h3-6H2,1-2H3. The van der Waals surface area contributed by atoms with Gasteiger partial charge in [-0.25, -0.2) is 0 Å². The maximum atomic E-state index is 10.9. The fourth-order valence-electron chi connectivity index (χ4n) is 1.85. The van der Waals surface area contributed by atoms with E-state index >= 15 is 0 Å². The number of carbonyl (C=O) groups is 2. The van der Waals surface area contributed by atoms with Crippen molar-refractivity contribution in [3.63, 3.8) is 0 Å². The second-order valence-corrected chi connectivity index (χ2v) is 3.90. The molecule has 0 heterocycles. The molecule has 1 aliphatic carbocycles. The van der Waals surface area contributed by atoms with Gasteiger partial charge in [-0.2, -0.15) is 0 Å². The molecule has 0 spiro atoms. The van der Waals surface area contributed by atoms with Crippen LogP contribution in [0.4, 0.5) is 0 Å². The third kappa shape index (κ3) is 2.14. The molecule has 0 aromatic rings. The molecule has 1 fully saturated rings. The Balaban J connectivity index is 2.55. The van der Waals surface area contributed by atoms with Gasteiger partial charge in [-0.1, -0.05) is 6.92 Å². The Morgan fingerprint density at radius 3 is 2.64 bits per heavy atom. The summed E-state index contributed by atoms with van der Waals surface area (Å²) in [4.78, 5) is 21.7. The second-order valence-electron chi connectivity index (χ2n) is 3.90. The van der Waals surface area contributed by atoms with Gasteiger partial charge in [0.2, 0.25) is 0 Å². The van der Waals surface area contributed by atoms with Gasteiger partial charge in [-0.05, 0) is 18.8 Å². The van der Waals surface area contributed by atoms with E-state index in [9.17, 15) is 9.59 Å². The summed E-state index contributed by atoms with van der Waals surface area (Å²) in [7, 11) is 0. The zero-order valence-corrected chi connectivity index (χ0v) is 7.14. The number of rotatable bonds is 2. The third-order valence-electron chi connectivity index (χ3n) is 2.31. The lowest BCUT2D eigenvalue weighted by atomic mass is 9.84. The van der Waals surface area contributed by atoms with Crippen molar-refractivity contribution in [2.45, 2.75) is 39.5 Å². The van der Waals surface area contributed by atoms with Crippen LogP contribution in [0.3, 0.4) is 0 Å². The zero-order chi connectivity index (χ0) is 8.48. The molecule has 1 aliphatic rings. The first-order valence-corrected chi connectivity index (χ1v) is 4.03. The highest BCUT2D eigenvalue weighted by Crippen LogP contribution is 2.38. The molecule has 2 heteroatoms. The normalized spacial score (nSPS) is 30.9. The van der Waals surface area contributed by atoms with Crippen LogP contribution in [0.15, 0.2) is 0 Å². The lowest BCUT2D eigenvalue weighted by molar-refractivity contribution is -0.119. The van der Waals surface area contributed by atoms with E-state index < -0.39 is 0 Å². The van der Waals surface area contributed by atoms with Gasteiger partial charge in [0, 0.05) is 19.3 Å². The van der Waals surface area contributed by atoms with Crippen LogP contribution >= 0.6 is 0 Å². The third-order valence-corrected chi connectivity index (χ3v) is 2.31. The molecule has 62 valence electrons. The van der Waals surface area contributed by atoms with Crippen LogP contribution in [0.25, 0.3) is 0 Å². The summed E-state index contributed by atoms with van der Waals surface area (Å²) in [5.74, 6) is 0.510. The summed E-state index contributed by atoms with van der Waals surface area (Å²) in [5.41, 5.74) is -0.0110. The maximum absolute atomic E-state index is 10.9. The van der Waals surface area contributed by atoms with Crippen LogP contribution < -0.4 is 0 Å². The monoisotopic (exact) mass is 154 g/mol. The lowest BCUT2D eigenvalue weighted by Gasteiger charge is -2.19. The van der Waals surface area contributed by atoms with Gasteiger partial charge in [0.15, 0.2) is 0 Å². The molecule has 0 bridgehead atoms. The number of hydrogen-bond donors (Lipinski definition) is 0. The smallest absolute Gasteiger partial charge is 0.133 e.